The third kappa shape index (κ3) is 2.53. The molecule has 0 radical (unpaired) electrons. The van der Waals surface area contributed by atoms with Crippen LogP contribution in [0.25, 0.3) is 11.4 Å². The lowest BCUT2D eigenvalue weighted by molar-refractivity contribution is 0.276. The minimum Gasteiger partial charge on any atom is -0.390 e. The number of aliphatic hydroxyl groups excluding tert-OH is 1. The first-order chi connectivity index (χ1) is 8.11. The summed E-state index contributed by atoms with van der Waals surface area (Å²) in [5.74, 6) is 0.631. The molecule has 3 nitrogen and oxygen atoms in total. The molecule has 4 heteroatoms. The van der Waals surface area contributed by atoms with Gasteiger partial charge in [0.2, 0.25) is 0 Å². The highest BCUT2D eigenvalue weighted by atomic mass is 79.9. The van der Waals surface area contributed by atoms with E-state index < -0.39 is 0 Å². The summed E-state index contributed by atoms with van der Waals surface area (Å²) in [6.07, 6.45) is 1.74. The van der Waals surface area contributed by atoms with Crippen molar-refractivity contribution in [3.63, 3.8) is 0 Å². The summed E-state index contributed by atoms with van der Waals surface area (Å²) in [6.45, 7) is 3.86. The van der Waals surface area contributed by atoms with Crippen molar-refractivity contribution in [2.24, 2.45) is 0 Å². The molecule has 0 saturated carbocycles. The summed E-state index contributed by atoms with van der Waals surface area (Å²) >= 11 is 3.51. The van der Waals surface area contributed by atoms with Crippen molar-refractivity contribution in [2.45, 2.75) is 20.5 Å². The summed E-state index contributed by atoms with van der Waals surface area (Å²) in [5, 5.41) is 9.20. The average molecular weight is 293 g/mol. The van der Waals surface area contributed by atoms with Gasteiger partial charge in [0.1, 0.15) is 0 Å². The van der Waals surface area contributed by atoms with Gasteiger partial charge in [0.25, 0.3) is 0 Å². The zero-order chi connectivity index (χ0) is 12.4. The molecule has 0 aliphatic carbocycles. The first kappa shape index (κ1) is 12.2. The van der Waals surface area contributed by atoms with E-state index in [1.807, 2.05) is 32.0 Å². The molecule has 1 aromatic carbocycles. The molecule has 0 unspecified atom stereocenters. The van der Waals surface area contributed by atoms with Gasteiger partial charge in [0, 0.05) is 16.2 Å². The molecule has 0 bridgehead atoms. The summed E-state index contributed by atoms with van der Waals surface area (Å²) in [4.78, 5) is 8.66. The fourth-order valence-corrected chi connectivity index (χ4v) is 2.24. The lowest BCUT2D eigenvalue weighted by atomic mass is 10.1. The van der Waals surface area contributed by atoms with Crippen LogP contribution in [0.2, 0.25) is 0 Å². The summed E-state index contributed by atoms with van der Waals surface area (Å²) < 4.78 is 0.963. The van der Waals surface area contributed by atoms with E-state index in [-0.39, 0.29) is 6.61 Å². The number of aryl methyl sites for hydroxylation is 2. The van der Waals surface area contributed by atoms with E-state index in [2.05, 4.69) is 25.9 Å². The van der Waals surface area contributed by atoms with Gasteiger partial charge in [-0.05, 0) is 37.1 Å². The predicted octanol–water partition coefficient (Wildman–Crippen LogP) is 3.02. The van der Waals surface area contributed by atoms with E-state index in [0.717, 1.165) is 15.6 Å². The van der Waals surface area contributed by atoms with E-state index in [1.54, 1.807) is 6.20 Å². The lowest BCUT2D eigenvalue weighted by Gasteiger charge is -2.07. The second-order valence-corrected chi connectivity index (χ2v) is 4.82. The number of halogens is 1. The van der Waals surface area contributed by atoms with Gasteiger partial charge in [-0.2, -0.15) is 0 Å². The van der Waals surface area contributed by atoms with Crippen LogP contribution in [0, 0.1) is 13.8 Å². The molecule has 2 aromatic rings. The highest BCUT2D eigenvalue weighted by molar-refractivity contribution is 9.10. The van der Waals surface area contributed by atoms with Crippen LogP contribution >= 0.6 is 15.9 Å². The topological polar surface area (TPSA) is 46.0 Å². The van der Waals surface area contributed by atoms with Gasteiger partial charge in [0.05, 0.1) is 12.3 Å². The van der Waals surface area contributed by atoms with Crippen molar-refractivity contribution in [1.82, 2.24) is 9.97 Å². The van der Waals surface area contributed by atoms with Crippen LogP contribution in [0.1, 0.15) is 16.8 Å². The van der Waals surface area contributed by atoms with Crippen molar-refractivity contribution >= 4 is 15.9 Å². The van der Waals surface area contributed by atoms with Crippen LogP contribution in [0.4, 0.5) is 0 Å². The Morgan fingerprint density at radius 1 is 1.29 bits per heavy atom. The molecule has 1 aromatic heterocycles. The number of hydrogen-bond acceptors (Lipinski definition) is 3. The monoisotopic (exact) mass is 292 g/mol. The second-order valence-electron chi connectivity index (χ2n) is 3.96. The molecule has 17 heavy (non-hydrogen) atoms. The minimum absolute atomic E-state index is 0.0646. The zero-order valence-electron chi connectivity index (χ0n) is 9.74. The van der Waals surface area contributed by atoms with Gasteiger partial charge < -0.3 is 5.11 Å². The van der Waals surface area contributed by atoms with Gasteiger partial charge >= 0.3 is 0 Å². The number of hydrogen-bond donors (Lipinski definition) is 1. The van der Waals surface area contributed by atoms with Crippen molar-refractivity contribution < 1.29 is 5.11 Å². The third-order valence-electron chi connectivity index (χ3n) is 2.59. The molecular weight excluding hydrogens is 280 g/mol. The number of nitrogens with zero attached hydrogens (tertiary/aromatic N) is 2. The quantitative estimate of drug-likeness (QED) is 0.925. The van der Waals surface area contributed by atoms with Crippen LogP contribution in [-0.2, 0) is 6.61 Å². The van der Waals surface area contributed by atoms with E-state index in [9.17, 15) is 5.11 Å². The molecule has 0 atom stereocenters. The number of benzene rings is 1. The largest absolute Gasteiger partial charge is 0.390 e. The zero-order valence-corrected chi connectivity index (χ0v) is 11.3. The highest BCUT2D eigenvalue weighted by Crippen LogP contribution is 2.26. The van der Waals surface area contributed by atoms with E-state index in [0.29, 0.717) is 11.5 Å². The van der Waals surface area contributed by atoms with Gasteiger partial charge in [-0.1, -0.05) is 22.0 Å². The van der Waals surface area contributed by atoms with Crippen molar-refractivity contribution in [3.05, 3.63) is 45.7 Å². The van der Waals surface area contributed by atoms with Gasteiger partial charge in [-0.15, -0.1) is 0 Å². The highest BCUT2D eigenvalue weighted by Gasteiger charge is 2.08. The van der Waals surface area contributed by atoms with Crippen LogP contribution < -0.4 is 0 Å². The standard InChI is InChI=1S/C13H13BrN2O/c1-8-3-4-10(11(14)5-8)13-15-6-9(2)12(7-17)16-13/h3-6,17H,7H2,1-2H3. The molecule has 0 saturated heterocycles. The third-order valence-corrected chi connectivity index (χ3v) is 3.25. The van der Waals surface area contributed by atoms with Gasteiger partial charge in [-0.3, -0.25) is 0 Å². The maximum absolute atomic E-state index is 9.20. The Labute approximate surface area is 109 Å². The fourth-order valence-electron chi connectivity index (χ4n) is 1.57. The van der Waals surface area contributed by atoms with Crippen LogP contribution in [0.15, 0.2) is 28.9 Å². The number of rotatable bonds is 2. The van der Waals surface area contributed by atoms with E-state index in [4.69, 9.17) is 0 Å². The Morgan fingerprint density at radius 3 is 2.71 bits per heavy atom. The SMILES string of the molecule is Cc1ccc(-c2ncc(C)c(CO)n2)c(Br)c1. The summed E-state index contributed by atoms with van der Waals surface area (Å²) in [5.41, 5.74) is 3.68. The first-order valence-corrected chi connectivity index (χ1v) is 6.11. The summed E-state index contributed by atoms with van der Waals surface area (Å²) in [7, 11) is 0. The predicted molar refractivity (Wildman–Crippen MR) is 70.6 cm³/mol. The maximum atomic E-state index is 9.20. The first-order valence-electron chi connectivity index (χ1n) is 5.31. The molecule has 1 heterocycles. The smallest absolute Gasteiger partial charge is 0.160 e. The Morgan fingerprint density at radius 2 is 2.06 bits per heavy atom. The van der Waals surface area contributed by atoms with Crippen LogP contribution in [-0.4, -0.2) is 15.1 Å². The molecular formula is C13H13BrN2O. The summed E-state index contributed by atoms with van der Waals surface area (Å²) in [6, 6.07) is 6.02. The molecule has 1 N–H and O–H groups in total. The Kier molecular flexibility index (Phi) is 3.54. The van der Waals surface area contributed by atoms with E-state index in [1.165, 1.54) is 5.56 Å². The lowest BCUT2D eigenvalue weighted by Crippen LogP contribution is -1.99. The molecule has 2 rings (SSSR count). The van der Waals surface area contributed by atoms with Crippen molar-refractivity contribution in [2.75, 3.05) is 0 Å². The van der Waals surface area contributed by atoms with Crippen molar-refractivity contribution in [1.29, 1.82) is 0 Å². The van der Waals surface area contributed by atoms with Gasteiger partial charge in [0.15, 0.2) is 5.82 Å². The van der Waals surface area contributed by atoms with E-state index >= 15 is 0 Å². The van der Waals surface area contributed by atoms with Gasteiger partial charge in [-0.25, -0.2) is 9.97 Å². The Balaban J connectivity index is 2.53. The second kappa shape index (κ2) is 4.94. The molecule has 0 spiro atoms. The molecule has 0 amide bonds. The maximum Gasteiger partial charge on any atom is 0.160 e. The average Bonchev–Trinajstić information content (AvgIpc) is 2.30. The van der Waals surface area contributed by atoms with Crippen molar-refractivity contribution in [3.8, 4) is 11.4 Å². The molecule has 88 valence electrons. The molecule has 0 fully saturated rings. The minimum atomic E-state index is -0.0646. The number of aliphatic hydroxyl groups is 1. The molecule has 0 aliphatic heterocycles. The number of aromatic nitrogens is 2. The Hall–Kier alpha value is -1.26. The van der Waals surface area contributed by atoms with Crippen LogP contribution in [0.3, 0.4) is 0 Å². The van der Waals surface area contributed by atoms with Crippen LogP contribution in [0.5, 0.6) is 0 Å². The molecule has 0 aliphatic rings. The normalized spacial score (nSPS) is 10.6. The Bertz CT molecular complexity index is 555. The fraction of sp³-hybridized carbons (Fsp3) is 0.231.